The molecule has 0 bridgehead atoms. The molecule has 19 heavy (non-hydrogen) atoms. The van der Waals surface area contributed by atoms with E-state index in [2.05, 4.69) is 43.0 Å². The van der Waals surface area contributed by atoms with Crippen LogP contribution in [0.5, 0.6) is 0 Å². The molecule has 0 atom stereocenters. The average molecular weight is 314 g/mol. The van der Waals surface area contributed by atoms with Gasteiger partial charge in [0.25, 0.3) is 0 Å². The van der Waals surface area contributed by atoms with Crippen molar-refractivity contribution < 1.29 is 0 Å². The summed E-state index contributed by atoms with van der Waals surface area (Å²) in [7, 11) is 0. The van der Waals surface area contributed by atoms with Crippen LogP contribution >= 0.6 is 15.9 Å². The quantitative estimate of drug-likeness (QED) is 0.677. The maximum Gasteiger partial charge on any atom is 0.126 e. The van der Waals surface area contributed by atoms with Crippen molar-refractivity contribution in [2.24, 2.45) is 0 Å². The van der Waals surface area contributed by atoms with Crippen LogP contribution in [0.2, 0.25) is 0 Å². The van der Waals surface area contributed by atoms with Gasteiger partial charge in [-0.3, -0.25) is 4.98 Å². The second-order valence-electron chi connectivity index (χ2n) is 4.40. The molecule has 3 nitrogen and oxygen atoms in total. The second-order valence-corrected chi connectivity index (χ2v) is 5.21. The van der Waals surface area contributed by atoms with Crippen LogP contribution in [0.3, 0.4) is 0 Å². The Kier molecular flexibility index (Phi) is 3.25. The Morgan fingerprint density at radius 2 is 1.79 bits per heavy atom. The van der Waals surface area contributed by atoms with Crippen LogP contribution in [0.15, 0.2) is 47.1 Å². The highest BCUT2D eigenvalue weighted by atomic mass is 79.9. The van der Waals surface area contributed by atoms with Gasteiger partial charge in [-0.25, -0.2) is 9.97 Å². The zero-order valence-electron chi connectivity index (χ0n) is 10.5. The molecule has 0 aliphatic carbocycles. The highest BCUT2D eigenvalue weighted by Crippen LogP contribution is 2.15. The van der Waals surface area contributed by atoms with E-state index in [4.69, 9.17) is 0 Å². The Hall–Kier alpha value is -1.81. The first-order valence-electron chi connectivity index (χ1n) is 6.05. The molecular formula is C15H12BrN3. The predicted octanol–water partition coefficient (Wildman–Crippen LogP) is 3.69. The predicted molar refractivity (Wildman–Crippen MR) is 79.0 cm³/mol. The zero-order valence-corrected chi connectivity index (χ0v) is 12.1. The molecule has 0 saturated heterocycles. The van der Waals surface area contributed by atoms with E-state index in [-0.39, 0.29) is 0 Å². The van der Waals surface area contributed by atoms with E-state index in [9.17, 15) is 0 Å². The number of fused-ring (bicyclic) bond motifs is 1. The number of aryl methyl sites for hydroxylation is 1. The van der Waals surface area contributed by atoms with E-state index >= 15 is 0 Å². The number of pyridine rings is 1. The van der Waals surface area contributed by atoms with Crippen molar-refractivity contribution in [3.8, 4) is 0 Å². The lowest BCUT2D eigenvalue weighted by Crippen LogP contribution is -1.99. The third kappa shape index (κ3) is 2.79. The number of hydrogen-bond acceptors (Lipinski definition) is 3. The van der Waals surface area contributed by atoms with Gasteiger partial charge in [0.05, 0.1) is 11.2 Å². The molecule has 94 valence electrons. The maximum absolute atomic E-state index is 4.65. The summed E-state index contributed by atoms with van der Waals surface area (Å²) in [5.41, 5.74) is 3.01. The summed E-state index contributed by atoms with van der Waals surface area (Å²) in [5, 5.41) is 1.16. The summed E-state index contributed by atoms with van der Waals surface area (Å²) in [6.45, 7) is 1.89. The highest BCUT2D eigenvalue weighted by Gasteiger charge is 2.03. The van der Waals surface area contributed by atoms with Crippen molar-refractivity contribution in [2.75, 3.05) is 0 Å². The van der Waals surface area contributed by atoms with Crippen LogP contribution < -0.4 is 0 Å². The van der Waals surface area contributed by atoms with Gasteiger partial charge in [-0.05, 0) is 41.1 Å². The Balaban J connectivity index is 1.96. The normalized spacial score (nSPS) is 10.8. The van der Waals surface area contributed by atoms with Gasteiger partial charge in [-0.2, -0.15) is 0 Å². The van der Waals surface area contributed by atoms with E-state index in [0.717, 1.165) is 32.7 Å². The highest BCUT2D eigenvalue weighted by molar-refractivity contribution is 9.10. The van der Waals surface area contributed by atoms with Crippen LogP contribution in [0.4, 0.5) is 0 Å². The van der Waals surface area contributed by atoms with Crippen molar-refractivity contribution in [3.63, 3.8) is 0 Å². The number of nitrogens with zero attached hydrogens (tertiary/aromatic N) is 3. The molecule has 2 aromatic heterocycles. The van der Waals surface area contributed by atoms with Gasteiger partial charge in [0.15, 0.2) is 0 Å². The fourth-order valence-corrected chi connectivity index (χ4v) is 2.59. The van der Waals surface area contributed by atoms with Gasteiger partial charge >= 0.3 is 0 Å². The van der Waals surface area contributed by atoms with Crippen LogP contribution in [-0.2, 0) is 6.42 Å². The number of rotatable bonds is 2. The Bertz CT molecular complexity index is 720. The molecule has 2 heterocycles. The fourth-order valence-electron chi connectivity index (χ4n) is 2.07. The van der Waals surface area contributed by atoms with Gasteiger partial charge in [-0.15, -0.1) is 0 Å². The molecule has 0 unspecified atom stereocenters. The van der Waals surface area contributed by atoms with E-state index < -0.39 is 0 Å². The Labute approximate surface area is 119 Å². The van der Waals surface area contributed by atoms with Crippen molar-refractivity contribution in [2.45, 2.75) is 13.3 Å². The monoisotopic (exact) mass is 313 g/mol. The maximum atomic E-state index is 4.65. The topological polar surface area (TPSA) is 38.7 Å². The van der Waals surface area contributed by atoms with Crippen molar-refractivity contribution in [1.82, 2.24) is 15.0 Å². The van der Waals surface area contributed by atoms with Gasteiger partial charge in [0.2, 0.25) is 0 Å². The van der Waals surface area contributed by atoms with Gasteiger partial charge in [0.1, 0.15) is 10.4 Å². The largest absolute Gasteiger partial charge is 0.252 e. The second kappa shape index (κ2) is 5.05. The summed E-state index contributed by atoms with van der Waals surface area (Å²) in [4.78, 5) is 13.3. The molecule has 0 aliphatic heterocycles. The van der Waals surface area contributed by atoms with Crippen LogP contribution in [0.25, 0.3) is 10.9 Å². The van der Waals surface area contributed by atoms with E-state index in [1.165, 1.54) is 0 Å². The smallest absolute Gasteiger partial charge is 0.126 e. The Morgan fingerprint density at radius 1 is 0.947 bits per heavy atom. The van der Waals surface area contributed by atoms with Gasteiger partial charge in [-0.1, -0.05) is 24.3 Å². The van der Waals surface area contributed by atoms with Crippen LogP contribution in [0, 0.1) is 6.92 Å². The first kappa shape index (κ1) is 12.2. The minimum absolute atomic E-state index is 0.715. The molecule has 0 spiro atoms. The average Bonchev–Trinajstić information content (AvgIpc) is 2.37. The van der Waals surface area contributed by atoms with Crippen LogP contribution in [0.1, 0.15) is 17.2 Å². The molecule has 4 heteroatoms. The number of halogens is 1. The summed E-state index contributed by atoms with van der Waals surface area (Å²) >= 11 is 3.39. The minimum atomic E-state index is 0.715. The van der Waals surface area contributed by atoms with Gasteiger partial charge in [0, 0.05) is 17.5 Å². The van der Waals surface area contributed by atoms with E-state index in [1.807, 2.05) is 37.3 Å². The van der Waals surface area contributed by atoms with E-state index in [1.54, 1.807) is 0 Å². The number of benzene rings is 1. The fraction of sp³-hybridized carbons (Fsp3) is 0.133. The molecule has 0 radical (unpaired) electrons. The molecule has 0 aliphatic rings. The summed E-state index contributed by atoms with van der Waals surface area (Å²) < 4.78 is 0.816. The summed E-state index contributed by atoms with van der Waals surface area (Å²) in [6.07, 6.45) is 0.715. The van der Waals surface area contributed by atoms with Crippen molar-refractivity contribution in [1.29, 1.82) is 0 Å². The first-order valence-corrected chi connectivity index (χ1v) is 6.85. The molecule has 0 amide bonds. The molecule has 1 aromatic carbocycles. The Morgan fingerprint density at radius 3 is 2.63 bits per heavy atom. The number of para-hydroxylation sites is 1. The standard InChI is InChI=1S/C15H12BrN3/c1-10-17-13(9-15(16)18-10)8-12-7-6-11-4-2-3-5-14(11)19-12/h2-7,9H,8H2,1H3. The number of hydrogen-bond donors (Lipinski definition) is 0. The molecule has 0 saturated carbocycles. The third-order valence-electron chi connectivity index (χ3n) is 2.88. The summed E-state index contributed by atoms with van der Waals surface area (Å²) in [5.74, 6) is 0.769. The SMILES string of the molecule is Cc1nc(Br)cc(Cc2ccc3ccccc3n2)n1. The molecule has 0 fully saturated rings. The number of aromatic nitrogens is 3. The molecule has 3 rings (SSSR count). The molecular weight excluding hydrogens is 302 g/mol. The first-order chi connectivity index (χ1) is 9.20. The lowest BCUT2D eigenvalue weighted by atomic mass is 10.1. The summed E-state index contributed by atoms with van der Waals surface area (Å²) in [6, 6.07) is 14.2. The molecule has 3 aromatic rings. The minimum Gasteiger partial charge on any atom is -0.252 e. The zero-order chi connectivity index (χ0) is 13.2. The third-order valence-corrected chi connectivity index (χ3v) is 3.28. The molecule has 0 N–H and O–H groups in total. The van der Waals surface area contributed by atoms with Crippen molar-refractivity contribution >= 4 is 26.8 Å². The lowest BCUT2D eigenvalue weighted by molar-refractivity contribution is 0.939. The van der Waals surface area contributed by atoms with E-state index in [0.29, 0.717) is 6.42 Å². The van der Waals surface area contributed by atoms with Crippen molar-refractivity contribution in [3.05, 3.63) is 64.3 Å². The lowest BCUT2D eigenvalue weighted by Gasteiger charge is -2.04. The van der Waals surface area contributed by atoms with Crippen LogP contribution in [-0.4, -0.2) is 15.0 Å². The van der Waals surface area contributed by atoms with Gasteiger partial charge < -0.3 is 0 Å².